The Kier molecular flexibility index (Phi) is 3.92. The number of aromatic nitrogens is 8. The summed E-state index contributed by atoms with van der Waals surface area (Å²) in [7, 11) is 0. The van der Waals surface area contributed by atoms with E-state index in [0.717, 1.165) is 5.69 Å². The van der Waals surface area contributed by atoms with Crippen molar-refractivity contribution >= 4 is 29.6 Å². The molecular weight excluding hydrogens is 302 g/mol. The summed E-state index contributed by atoms with van der Waals surface area (Å²) in [6, 6.07) is 9.60. The summed E-state index contributed by atoms with van der Waals surface area (Å²) in [4.78, 5) is 14.4. The van der Waals surface area contributed by atoms with Crippen LogP contribution in [0.1, 0.15) is 0 Å². The Labute approximate surface area is 130 Å². The van der Waals surface area contributed by atoms with Gasteiger partial charge in [0.15, 0.2) is 11.5 Å². The Hall–Kier alpha value is -3.01. The van der Waals surface area contributed by atoms with Crippen LogP contribution >= 0.6 is 12.6 Å². The van der Waals surface area contributed by atoms with E-state index >= 15 is 0 Å². The second-order valence-electron chi connectivity index (χ2n) is 4.09. The van der Waals surface area contributed by atoms with E-state index in [0.29, 0.717) is 22.1 Å². The van der Waals surface area contributed by atoms with Gasteiger partial charge in [0.1, 0.15) is 11.8 Å². The molecule has 0 aliphatic heterocycles. The highest BCUT2D eigenvalue weighted by atomic mass is 32.1. The molecule has 3 heterocycles. The second kappa shape index (κ2) is 6.18. The molecule has 0 amide bonds. The minimum Gasteiger partial charge on any atom is -0.382 e. The predicted octanol–water partition coefficient (Wildman–Crippen LogP) is 0.886. The van der Waals surface area contributed by atoms with Crippen LogP contribution in [0.4, 0.5) is 5.82 Å². The molecule has 0 saturated carbocycles. The van der Waals surface area contributed by atoms with Gasteiger partial charge in [-0.25, -0.2) is 15.0 Å². The zero-order chi connectivity index (χ0) is 15.4. The van der Waals surface area contributed by atoms with Gasteiger partial charge in [0.05, 0.1) is 12.0 Å². The number of thiol groups is 1. The quantitative estimate of drug-likeness (QED) is 0.446. The molecule has 10 heteroatoms. The van der Waals surface area contributed by atoms with Gasteiger partial charge in [-0.15, -0.1) is 17.7 Å². The van der Waals surface area contributed by atoms with Gasteiger partial charge in [0.25, 0.3) is 0 Å². The van der Waals surface area contributed by atoms with Crippen LogP contribution in [0.15, 0.2) is 48.1 Å². The van der Waals surface area contributed by atoms with Crippen molar-refractivity contribution in [2.45, 2.75) is 5.16 Å². The van der Waals surface area contributed by atoms with Crippen molar-refractivity contribution in [2.24, 2.45) is 0 Å². The fourth-order valence-electron chi connectivity index (χ4n) is 1.70. The number of rotatable bonds is 1. The third kappa shape index (κ3) is 2.86. The molecule has 0 aliphatic carbocycles. The molecule has 9 nitrogen and oxygen atoms in total. The lowest BCUT2D eigenvalue weighted by Gasteiger charge is -1.98. The maximum Gasteiger partial charge on any atom is 0.211 e. The Bertz CT molecular complexity index is 870. The lowest BCUT2D eigenvalue weighted by atomic mass is 10.3. The first-order valence-corrected chi connectivity index (χ1v) is 6.63. The molecule has 0 unspecified atom stereocenters. The molecular formula is C12H11N9S. The first-order valence-electron chi connectivity index (χ1n) is 6.18. The molecule has 0 aliphatic rings. The fourth-order valence-corrected chi connectivity index (χ4v) is 1.90. The van der Waals surface area contributed by atoms with Crippen LogP contribution < -0.4 is 5.73 Å². The highest BCUT2D eigenvalue weighted by Gasteiger charge is 2.01. The highest BCUT2D eigenvalue weighted by molar-refractivity contribution is 7.80. The number of imidazole rings is 1. The van der Waals surface area contributed by atoms with Crippen molar-refractivity contribution in [2.75, 3.05) is 5.73 Å². The molecule has 3 N–H and O–H groups in total. The molecule has 0 saturated heterocycles. The number of H-pyrrole nitrogens is 1. The number of nitrogens with two attached hydrogens (primary N) is 1. The van der Waals surface area contributed by atoms with E-state index in [-0.39, 0.29) is 0 Å². The standard InChI is InChI=1S/C7H6N4S.C5H5N5/c12-7-8-9-10-11(7)6-4-2-1-3-5-6;6-4-3-5(9-1-7-3)10-2-8-4/h1-5H,(H,8,10,12);1-2H,(H3,6,7,8,9,10). The Balaban J connectivity index is 0.000000133. The molecule has 22 heavy (non-hydrogen) atoms. The van der Waals surface area contributed by atoms with Crippen LogP contribution in [0, 0.1) is 0 Å². The van der Waals surface area contributed by atoms with Crippen LogP contribution in [0.25, 0.3) is 16.9 Å². The van der Waals surface area contributed by atoms with E-state index in [1.165, 1.54) is 12.7 Å². The Morgan fingerprint density at radius 1 is 1.09 bits per heavy atom. The zero-order valence-corrected chi connectivity index (χ0v) is 12.1. The van der Waals surface area contributed by atoms with E-state index in [1.54, 1.807) is 4.68 Å². The maximum atomic E-state index is 5.48. The second-order valence-corrected chi connectivity index (χ2v) is 4.49. The van der Waals surface area contributed by atoms with Crippen LogP contribution in [-0.4, -0.2) is 40.1 Å². The van der Waals surface area contributed by atoms with E-state index in [9.17, 15) is 0 Å². The van der Waals surface area contributed by atoms with Crippen molar-refractivity contribution in [1.82, 2.24) is 40.1 Å². The Morgan fingerprint density at radius 2 is 1.91 bits per heavy atom. The fraction of sp³-hybridized carbons (Fsp3) is 0. The molecule has 0 atom stereocenters. The number of fused-ring (bicyclic) bond motifs is 1. The molecule has 3 aromatic heterocycles. The van der Waals surface area contributed by atoms with Crippen molar-refractivity contribution in [3.63, 3.8) is 0 Å². The number of benzene rings is 1. The van der Waals surface area contributed by atoms with Gasteiger partial charge in [0.2, 0.25) is 5.16 Å². The monoisotopic (exact) mass is 313 g/mol. The van der Waals surface area contributed by atoms with Crippen LogP contribution in [0.2, 0.25) is 0 Å². The van der Waals surface area contributed by atoms with Crippen LogP contribution in [0.5, 0.6) is 0 Å². The molecule has 4 rings (SSSR count). The molecule has 0 bridgehead atoms. The van der Waals surface area contributed by atoms with Crippen LogP contribution in [0.3, 0.4) is 0 Å². The van der Waals surface area contributed by atoms with Crippen LogP contribution in [-0.2, 0) is 0 Å². The third-order valence-electron chi connectivity index (χ3n) is 2.71. The highest BCUT2D eigenvalue weighted by Crippen LogP contribution is 2.09. The summed E-state index contributed by atoms with van der Waals surface area (Å²) in [5.41, 5.74) is 7.69. The number of hydrogen-bond acceptors (Lipinski definition) is 8. The smallest absolute Gasteiger partial charge is 0.211 e. The molecule has 0 radical (unpaired) electrons. The van der Waals surface area contributed by atoms with Crippen molar-refractivity contribution in [3.05, 3.63) is 43.0 Å². The molecule has 0 spiro atoms. The number of tetrazole rings is 1. The lowest BCUT2D eigenvalue weighted by molar-refractivity contribution is 0.758. The average molecular weight is 313 g/mol. The van der Waals surface area contributed by atoms with E-state index in [1.807, 2.05) is 30.3 Å². The topological polar surface area (TPSA) is 124 Å². The summed E-state index contributed by atoms with van der Waals surface area (Å²) in [5.74, 6) is 0.433. The number of nitrogen functional groups attached to an aromatic ring is 1. The summed E-state index contributed by atoms with van der Waals surface area (Å²) in [6.45, 7) is 0. The normalized spacial score (nSPS) is 10.2. The number of nitrogens with one attached hydrogen (secondary N) is 1. The minimum absolute atomic E-state index is 0.433. The predicted molar refractivity (Wildman–Crippen MR) is 82.5 cm³/mol. The largest absolute Gasteiger partial charge is 0.382 e. The van der Waals surface area contributed by atoms with E-state index in [4.69, 9.17) is 5.73 Å². The number of anilines is 1. The van der Waals surface area contributed by atoms with E-state index in [2.05, 4.69) is 48.1 Å². The van der Waals surface area contributed by atoms with Crippen molar-refractivity contribution < 1.29 is 0 Å². The summed E-state index contributed by atoms with van der Waals surface area (Å²) in [5, 5.41) is 11.4. The maximum absolute atomic E-state index is 5.48. The zero-order valence-electron chi connectivity index (χ0n) is 11.2. The summed E-state index contributed by atoms with van der Waals surface area (Å²) >= 11 is 4.09. The minimum atomic E-state index is 0.433. The summed E-state index contributed by atoms with van der Waals surface area (Å²) < 4.78 is 1.56. The van der Waals surface area contributed by atoms with Crippen molar-refractivity contribution in [1.29, 1.82) is 0 Å². The summed E-state index contributed by atoms with van der Waals surface area (Å²) in [6.07, 6.45) is 2.92. The van der Waals surface area contributed by atoms with Gasteiger partial charge < -0.3 is 10.7 Å². The number of para-hydroxylation sites is 1. The molecule has 1 aromatic carbocycles. The van der Waals surface area contributed by atoms with Gasteiger partial charge >= 0.3 is 0 Å². The molecule has 4 aromatic rings. The van der Waals surface area contributed by atoms with Gasteiger partial charge in [0, 0.05) is 0 Å². The van der Waals surface area contributed by atoms with Gasteiger partial charge in [-0.3, -0.25) is 0 Å². The number of hydrogen-bond donors (Lipinski definition) is 3. The van der Waals surface area contributed by atoms with Gasteiger partial charge in [-0.2, -0.15) is 4.68 Å². The SMILES string of the molecule is Nc1ncnc2nc[nH]c12.Sc1nnnn1-c1ccccc1. The van der Waals surface area contributed by atoms with Gasteiger partial charge in [-0.1, -0.05) is 18.2 Å². The Morgan fingerprint density at radius 3 is 2.59 bits per heavy atom. The van der Waals surface area contributed by atoms with Gasteiger partial charge in [-0.05, 0) is 22.6 Å². The third-order valence-corrected chi connectivity index (χ3v) is 2.99. The van der Waals surface area contributed by atoms with E-state index < -0.39 is 0 Å². The first-order chi connectivity index (χ1) is 10.8. The average Bonchev–Trinajstić information content (AvgIpc) is 3.18. The lowest BCUT2D eigenvalue weighted by Crippen LogP contribution is -1.96. The number of nitrogens with zero attached hydrogens (tertiary/aromatic N) is 7. The molecule has 110 valence electrons. The number of aromatic amines is 1. The van der Waals surface area contributed by atoms with Crippen molar-refractivity contribution in [3.8, 4) is 5.69 Å². The molecule has 0 fully saturated rings. The first kappa shape index (κ1) is 13.9.